The molecule has 0 amide bonds. The van der Waals surface area contributed by atoms with E-state index in [1.807, 2.05) is 0 Å². The molecule has 0 radical (unpaired) electrons. The van der Waals surface area contributed by atoms with Gasteiger partial charge in [0.05, 0.1) is 0 Å². The van der Waals surface area contributed by atoms with Crippen LogP contribution in [0.2, 0.25) is 0 Å². The molecule has 2 aromatic rings. The number of hydrogen-bond acceptors (Lipinski definition) is 0. The Labute approximate surface area is 129 Å². The molecule has 11 heteroatoms. The normalized spacial score (nSPS) is 11.5. The van der Waals surface area contributed by atoms with Gasteiger partial charge in [-0.15, -0.1) is 9.24 Å². The van der Waals surface area contributed by atoms with Crippen LogP contribution in [-0.2, 0) is 0 Å². The van der Waals surface area contributed by atoms with Crippen molar-refractivity contribution in [2.75, 3.05) is 0 Å². The van der Waals surface area contributed by atoms with E-state index >= 15 is 0 Å². The van der Waals surface area contributed by atoms with E-state index in [9.17, 15) is 43.9 Å². The third-order valence-electron chi connectivity index (χ3n) is 3.11. The van der Waals surface area contributed by atoms with Gasteiger partial charge < -0.3 is 0 Å². The van der Waals surface area contributed by atoms with Crippen molar-refractivity contribution < 1.29 is 43.9 Å². The zero-order valence-corrected chi connectivity index (χ0v) is 12.1. The van der Waals surface area contributed by atoms with Crippen molar-refractivity contribution in [3.63, 3.8) is 0 Å². The van der Waals surface area contributed by atoms with Crippen LogP contribution in [0.25, 0.3) is 0 Å². The summed E-state index contributed by atoms with van der Waals surface area (Å²) in [5.41, 5.74) is -5.97. The van der Waals surface area contributed by atoms with Crippen LogP contribution in [0.1, 0.15) is 16.8 Å². The fraction of sp³-hybridized carbons (Fsp3) is 0.0769. The molecule has 0 aliphatic carbocycles. The van der Waals surface area contributed by atoms with Gasteiger partial charge in [0.2, 0.25) is 11.6 Å². The van der Waals surface area contributed by atoms with Gasteiger partial charge in [-0.05, 0) is 0 Å². The first kappa shape index (κ1) is 18.5. The molecule has 0 fully saturated rings. The van der Waals surface area contributed by atoms with E-state index in [1.165, 1.54) is 9.24 Å². The van der Waals surface area contributed by atoms with Crippen molar-refractivity contribution in [3.05, 3.63) is 69.3 Å². The highest BCUT2D eigenvalue weighted by atomic mass is 31.0. The first-order valence-corrected chi connectivity index (χ1v) is 6.47. The Kier molecular flexibility index (Phi) is 4.81. The summed E-state index contributed by atoms with van der Waals surface area (Å²) in [4.78, 5) is 0. The molecule has 0 heterocycles. The van der Waals surface area contributed by atoms with E-state index in [4.69, 9.17) is 0 Å². The van der Waals surface area contributed by atoms with Crippen LogP contribution in [-0.4, -0.2) is 0 Å². The second-order valence-corrected chi connectivity index (χ2v) is 5.11. The Morgan fingerprint density at radius 1 is 0.375 bits per heavy atom. The van der Waals surface area contributed by atoms with Crippen molar-refractivity contribution in [2.24, 2.45) is 0 Å². The van der Waals surface area contributed by atoms with Gasteiger partial charge in [-0.25, -0.2) is 43.9 Å². The van der Waals surface area contributed by atoms with E-state index in [-0.39, 0.29) is 0 Å². The maximum absolute atomic E-state index is 13.6. The fourth-order valence-electron chi connectivity index (χ4n) is 1.93. The summed E-state index contributed by atoms with van der Waals surface area (Å²) in [5.74, 6) is -24.6. The molecule has 0 saturated carbocycles. The minimum Gasteiger partial charge on any atom is -0.203 e. The van der Waals surface area contributed by atoms with Gasteiger partial charge in [-0.1, -0.05) is 0 Å². The molecule has 0 aromatic heterocycles. The van der Waals surface area contributed by atoms with Gasteiger partial charge >= 0.3 is 0 Å². The fourth-order valence-corrected chi connectivity index (χ4v) is 2.52. The summed E-state index contributed by atoms with van der Waals surface area (Å²) in [6.45, 7) is 0. The number of rotatable bonds is 2. The van der Waals surface area contributed by atoms with Crippen molar-refractivity contribution in [2.45, 2.75) is 5.66 Å². The standard InChI is InChI=1S/C13H3F10P/c14-3-1(4(15)8(19)11(22)7(3)18)13(24)2-5(16)9(20)12(23)10(21)6(2)17/h13H,24H2. The van der Waals surface area contributed by atoms with Crippen LogP contribution in [0, 0.1) is 58.2 Å². The van der Waals surface area contributed by atoms with E-state index in [2.05, 4.69) is 0 Å². The highest BCUT2D eigenvalue weighted by molar-refractivity contribution is 7.17. The molecule has 0 aliphatic heterocycles. The van der Waals surface area contributed by atoms with E-state index in [1.54, 1.807) is 0 Å². The molecular formula is C13H3F10P. The first-order valence-electron chi connectivity index (χ1n) is 5.80. The second kappa shape index (κ2) is 6.23. The maximum atomic E-state index is 13.6. The van der Waals surface area contributed by atoms with E-state index < -0.39 is 75.0 Å². The topological polar surface area (TPSA) is 0 Å². The van der Waals surface area contributed by atoms with E-state index in [0.717, 1.165) is 0 Å². The summed E-state index contributed by atoms with van der Waals surface area (Å²) in [6.07, 6.45) is 0. The predicted molar refractivity (Wildman–Crippen MR) is 64.0 cm³/mol. The predicted octanol–water partition coefficient (Wildman–Crippen LogP) is 5.04. The Morgan fingerprint density at radius 2 is 0.542 bits per heavy atom. The zero-order valence-electron chi connectivity index (χ0n) is 10.9. The third kappa shape index (κ3) is 2.53. The lowest BCUT2D eigenvalue weighted by molar-refractivity contribution is 0.361. The maximum Gasteiger partial charge on any atom is 0.200 e. The molecule has 0 spiro atoms. The van der Waals surface area contributed by atoms with Crippen LogP contribution < -0.4 is 0 Å². The molecule has 0 bridgehead atoms. The van der Waals surface area contributed by atoms with Crippen LogP contribution in [0.4, 0.5) is 43.9 Å². The SMILES string of the molecule is Fc1c(F)c(F)c(C(P)c2c(F)c(F)c(F)c(F)c2F)c(F)c1F. The quantitative estimate of drug-likeness (QED) is 0.296. The van der Waals surface area contributed by atoms with Crippen molar-refractivity contribution in [3.8, 4) is 0 Å². The van der Waals surface area contributed by atoms with Gasteiger partial charge in [0.1, 0.15) is 0 Å². The Balaban J connectivity index is 2.84. The first-order chi connectivity index (χ1) is 11.0. The largest absolute Gasteiger partial charge is 0.203 e. The lowest BCUT2D eigenvalue weighted by Crippen LogP contribution is -2.14. The van der Waals surface area contributed by atoms with Crippen LogP contribution in [0.15, 0.2) is 0 Å². The van der Waals surface area contributed by atoms with Crippen molar-refractivity contribution in [1.82, 2.24) is 0 Å². The minimum atomic E-state index is -2.54. The molecule has 1 unspecified atom stereocenters. The third-order valence-corrected chi connectivity index (χ3v) is 3.78. The summed E-state index contributed by atoms with van der Waals surface area (Å²) < 4.78 is 133. The highest BCUT2D eigenvalue weighted by Gasteiger charge is 2.35. The van der Waals surface area contributed by atoms with Gasteiger partial charge in [0.15, 0.2) is 46.5 Å². The smallest absolute Gasteiger partial charge is 0.200 e. The van der Waals surface area contributed by atoms with Crippen molar-refractivity contribution in [1.29, 1.82) is 0 Å². The van der Waals surface area contributed by atoms with Gasteiger partial charge in [-0.2, -0.15) is 0 Å². The van der Waals surface area contributed by atoms with Crippen LogP contribution in [0.3, 0.4) is 0 Å². The molecule has 0 aliphatic rings. The number of hydrogen-bond donors (Lipinski definition) is 0. The summed E-state index contributed by atoms with van der Waals surface area (Å²) in [7, 11) is 1.27. The highest BCUT2D eigenvalue weighted by Crippen LogP contribution is 2.40. The summed E-state index contributed by atoms with van der Waals surface area (Å²) in [6, 6.07) is 0. The molecular weight excluding hydrogens is 377 g/mol. The molecule has 130 valence electrons. The Morgan fingerprint density at radius 3 is 0.750 bits per heavy atom. The van der Waals surface area contributed by atoms with Gasteiger partial charge in [0, 0.05) is 16.8 Å². The minimum absolute atomic E-state index is 1.27. The van der Waals surface area contributed by atoms with E-state index in [0.29, 0.717) is 0 Å². The lowest BCUT2D eigenvalue weighted by Gasteiger charge is -2.17. The van der Waals surface area contributed by atoms with Gasteiger partial charge in [-0.3, -0.25) is 0 Å². The van der Waals surface area contributed by atoms with Crippen molar-refractivity contribution >= 4 is 9.24 Å². The molecule has 0 saturated heterocycles. The average Bonchev–Trinajstić information content (AvgIpc) is 2.55. The summed E-state index contributed by atoms with van der Waals surface area (Å²) in [5, 5.41) is 0. The zero-order chi connectivity index (χ0) is 18.5. The second-order valence-electron chi connectivity index (χ2n) is 4.44. The Bertz CT molecular complexity index is 720. The Hall–Kier alpha value is -1.83. The van der Waals surface area contributed by atoms with Gasteiger partial charge in [0.25, 0.3) is 0 Å². The summed E-state index contributed by atoms with van der Waals surface area (Å²) >= 11 is 0. The molecule has 1 atom stereocenters. The van der Waals surface area contributed by atoms with Crippen LogP contribution in [0.5, 0.6) is 0 Å². The molecule has 0 nitrogen and oxygen atoms in total. The molecule has 2 aromatic carbocycles. The number of halogens is 10. The lowest BCUT2D eigenvalue weighted by atomic mass is 10.0. The average molecular weight is 380 g/mol. The van der Waals surface area contributed by atoms with Crippen LogP contribution >= 0.6 is 9.24 Å². The molecule has 24 heavy (non-hydrogen) atoms. The monoisotopic (exact) mass is 380 g/mol. The molecule has 0 N–H and O–H groups in total. The molecule has 2 rings (SSSR count). The number of benzene rings is 2.